The summed E-state index contributed by atoms with van der Waals surface area (Å²) in [5.74, 6) is -0.120. The molecule has 0 aliphatic carbocycles. The maximum Gasteiger partial charge on any atom is 0.407 e. The fraction of sp³-hybridized carbons (Fsp3) is 0.269. The Morgan fingerprint density at radius 1 is 1.00 bits per heavy atom. The van der Waals surface area contributed by atoms with Gasteiger partial charge < -0.3 is 20.3 Å². The molecule has 1 fully saturated rings. The van der Waals surface area contributed by atoms with Crippen molar-refractivity contribution >= 4 is 23.4 Å². The van der Waals surface area contributed by atoms with Crippen molar-refractivity contribution in [3.05, 3.63) is 89.2 Å². The summed E-state index contributed by atoms with van der Waals surface area (Å²) in [6.45, 7) is 4.52. The predicted molar refractivity (Wildman–Crippen MR) is 128 cm³/mol. The third kappa shape index (κ3) is 5.88. The zero-order valence-electron chi connectivity index (χ0n) is 18.7. The van der Waals surface area contributed by atoms with Crippen LogP contribution in [-0.2, 0) is 17.9 Å². The Kier molecular flexibility index (Phi) is 7.19. The minimum Gasteiger partial charge on any atom is -0.445 e. The number of pyridine rings is 1. The van der Waals surface area contributed by atoms with E-state index in [-0.39, 0.29) is 12.5 Å². The normalized spacial score (nSPS) is 12.9. The molecule has 1 saturated heterocycles. The van der Waals surface area contributed by atoms with Gasteiger partial charge in [0.05, 0.1) is 11.3 Å². The second-order valence-electron chi connectivity index (χ2n) is 8.11. The van der Waals surface area contributed by atoms with E-state index in [1.54, 1.807) is 18.5 Å². The van der Waals surface area contributed by atoms with Gasteiger partial charge in [-0.3, -0.25) is 9.78 Å². The summed E-state index contributed by atoms with van der Waals surface area (Å²) in [5, 5.41) is 5.72. The summed E-state index contributed by atoms with van der Waals surface area (Å²) in [6, 6.07) is 16.9. The highest BCUT2D eigenvalue weighted by atomic mass is 16.5. The highest BCUT2D eigenvalue weighted by Crippen LogP contribution is 2.29. The molecular weight excluding hydrogens is 416 g/mol. The Morgan fingerprint density at radius 2 is 1.79 bits per heavy atom. The van der Waals surface area contributed by atoms with Gasteiger partial charge in [0.2, 0.25) is 0 Å². The first kappa shape index (κ1) is 22.3. The van der Waals surface area contributed by atoms with Crippen molar-refractivity contribution < 1.29 is 14.3 Å². The van der Waals surface area contributed by atoms with E-state index in [1.807, 2.05) is 55.5 Å². The molecule has 4 rings (SSSR count). The largest absolute Gasteiger partial charge is 0.445 e. The van der Waals surface area contributed by atoms with E-state index in [0.29, 0.717) is 17.8 Å². The molecular formula is C26H28N4O3. The lowest BCUT2D eigenvalue weighted by Gasteiger charge is -2.23. The van der Waals surface area contributed by atoms with Gasteiger partial charge in [-0.05, 0) is 55.2 Å². The first-order valence-electron chi connectivity index (χ1n) is 11.1. The number of benzene rings is 2. The van der Waals surface area contributed by atoms with Crippen molar-refractivity contribution in [1.29, 1.82) is 0 Å². The molecule has 170 valence electrons. The van der Waals surface area contributed by atoms with Gasteiger partial charge in [0.1, 0.15) is 6.61 Å². The number of carbonyl (C=O) groups excluding carboxylic acids is 2. The number of anilines is 2. The van der Waals surface area contributed by atoms with Crippen molar-refractivity contribution in [3.63, 3.8) is 0 Å². The molecule has 0 radical (unpaired) electrons. The Bertz CT molecular complexity index is 1090. The summed E-state index contributed by atoms with van der Waals surface area (Å²) in [5.41, 5.74) is 5.27. The Balaban J connectivity index is 1.31. The standard InChI is InChI=1S/C26H28N4O3/c1-19-6-4-8-23(24(19)30-14-2-3-15-30)25(31)29-22-11-9-20(10-12-22)17-28-26(32)33-18-21-7-5-13-27-16-21/h4-13,16H,2-3,14-15,17-18H2,1H3,(H,28,32)(H,29,31). The van der Waals surface area contributed by atoms with Crippen LogP contribution in [0.5, 0.6) is 0 Å². The van der Waals surface area contributed by atoms with Crippen molar-refractivity contribution in [2.24, 2.45) is 0 Å². The molecule has 0 bridgehead atoms. The molecule has 0 atom stereocenters. The van der Waals surface area contributed by atoms with Gasteiger partial charge in [0.25, 0.3) is 5.91 Å². The summed E-state index contributed by atoms with van der Waals surface area (Å²) < 4.78 is 5.19. The minimum atomic E-state index is -0.495. The molecule has 0 unspecified atom stereocenters. The number of alkyl carbamates (subject to hydrolysis) is 1. The number of amides is 2. The van der Waals surface area contributed by atoms with Gasteiger partial charge in [-0.25, -0.2) is 4.79 Å². The molecule has 1 aromatic heterocycles. The van der Waals surface area contributed by atoms with Crippen LogP contribution in [-0.4, -0.2) is 30.1 Å². The first-order chi connectivity index (χ1) is 16.1. The smallest absolute Gasteiger partial charge is 0.407 e. The second-order valence-corrected chi connectivity index (χ2v) is 8.11. The zero-order valence-corrected chi connectivity index (χ0v) is 18.7. The molecule has 2 N–H and O–H groups in total. The van der Waals surface area contributed by atoms with Gasteiger partial charge in [0, 0.05) is 43.3 Å². The number of para-hydroxylation sites is 1. The number of aryl methyl sites for hydroxylation is 1. The summed E-state index contributed by atoms with van der Waals surface area (Å²) in [4.78, 5) is 31.2. The number of rotatable bonds is 7. The van der Waals surface area contributed by atoms with Crippen LogP contribution in [0.15, 0.2) is 67.0 Å². The van der Waals surface area contributed by atoms with Crippen LogP contribution in [0.1, 0.15) is 39.9 Å². The monoisotopic (exact) mass is 444 g/mol. The number of aromatic nitrogens is 1. The van der Waals surface area contributed by atoms with Crippen LogP contribution < -0.4 is 15.5 Å². The second kappa shape index (κ2) is 10.6. The topological polar surface area (TPSA) is 83.6 Å². The summed E-state index contributed by atoms with van der Waals surface area (Å²) >= 11 is 0. The van der Waals surface area contributed by atoms with Gasteiger partial charge in [0.15, 0.2) is 0 Å². The van der Waals surface area contributed by atoms with Crippen LogP contribution in [0, 0.1) is 6.92 Å². The average molecular weight is 445 g/mol. The van der Waals surface area contributed by atoms with Crippen molar-refractivity contribution in [3.8, 4) is 0 Å². The molecule has 2 aromatic carbocycles. The zero-order chi connectivity index (χ0) is 23.0. The minimum absolute atomic E-state index is 0.120. The van der Waals surface area contributed by atoms with E-state index in [2.05, 4.69) is 20.5 Å². The van der Waals surface area contributed by atoms with Crippen molar-refractivity contribution in [1.82, 2.24) is 10.3 Å². The van der Waals surface area contributed by atoms with Crippen molar-refractivity contribution in [2.75, 3.05) is 23.3 Å². The third-order valence-corrected chi connectivity index (χ3v) is 5.65. The Labute approximate surface area is 193 Å². The lowest BCUT2D eigenvalue weighted by molar-refractivity contribution is 0.102. The van der Waals surface area contributed by atoms with Crippen LogP contribution in [0.25, 0.3) is 0 Å². The number of nitrogens with zero attached hydrogens (tertiary/aromatic N) is 2. The van der Waals surface area contributed by atoms with Crippen molar-refractivity contribution in [2.45, 2.75) is 32.9 Å². The molecule has 0 spiro atoms. The van der Waals surface area contributed by atoms with E-state index in [9.17, 15) is 9.59 Å². The third-order valence-electron chi connectivity index (χ3n) is 5.65. The lowest BCUT2D eigenvalue weighted by atomic mass is 10.1. The van der Waals surface area contributed by atoms with Gasteiger partial charge in [-0.2, -0.15) is 0 Å². The summed E-state index contributed by atoms with van der Waals surface area (Å²) in [7, 11) is 0. The maximum absolute atomic E-state index is 13.0. The molecule has 0 saturated carbocycles. The number of hydrogen-bond donors (Lipinski definition) is 2. The molecule has 1 aliphatic heterocycles. The molecule has 33 heavy (non-hydrogen) atoms. The maximum atomic E-state index is 13.0. The van der Waals surface area contributed by atoms with Gasteiger partial charge in [-0.1, -0.05) is 30.3 Å². The average Bonchev–Trinajstić information content (AvgIpc) is 3.37. The lowest BCUT2D eigenvalue weighted by Crippen LogP contribution is -2.24. The highest BCUT2D eigenvalue weighted by Gasteiger charge is 2.21. The molecule has 1 aliphatic rings. The van der Waals surface area contributed by atoms with Crippen LogP contribution >= 0.6 is 0 Å². The highest BCUT2D eigenvalue weighted by molar-refractivity contribution is 6.08. The molecule has 7 nitrogen and oxygen atoms in total. The van der Waals surface area contributed by atoms with Gasteiger partial charge >= 0.3 is 6.09 Å². The first-order valence-corrected chi connectivity index (χ1v) is 11.1. The number of nitrogens with one attached hydrogen (secondary N) is 2. The SMILES string of the molecule is Cc1cccc(C(=O)Nc2ccc(CNC(=O)OCc3cccnc3)cc2)c1N1CCCC1. The van der Waals surface area contributed by atoms with E-state index >= 15 is 0 Å². The molecule has 7 heteroatoms. The van der Waals surface area contributed by atoms with E-state index in [4.69, 9.17) is 4.74 Å². The Hall–Kier alpha value is -3.87. The number of ether oxygens (including phenoxy) is 1. The fourth-order valence-electron chi connectivity index (χ4n) is 3.96. The summed E-state index contributed by atoms with van der Waals surface area (Å²) in [6.07, 6.45) is 5.14. The van der Waals surface area contributed by atoms with E-state index < -0.39 is 6.09 Å². The predicted octanol–water partition coefficient (Wildman–Crippen LogP) is 4.67. The fourth-order valence-corrected chi connectivity index (χ4v) is 3.96. The molecule has 3 aromatic rings. The Morgan fingerprint density at radius 3 is 2.52 bits per heavy atom. The van der Waals surface area contributed by atoms with E-state index in [1.165, 1.54) is 0 Å². The van der Waals surface area contributed by atoms with E-state index in [0.717, 1.165) is 48.3 Å². The van der Waals surface area contributed by atoms with Crippen LogP contribution in [0.4, 0.5) is 16.2 Å². The molecule has 2 heterocycles. The molecule has 2 amide bonds. The van der Waals surface area contributed by atoms with Crippen LogP contribution in [0.3, 0.4) is 0 Å². The number of carbonyl (C=O) groups is 2. The number of hydrogen-bond acceptors (Lipinski definition) is 5. The van der Waals surface area contributed by atoms with Gasteiger partial charge in [-0.15, -0.1) is 0 Å². The van der Waals surface area contributed by atoms with Crippen LogP contribution in [0.2, 0.25) is 0 Å². The quantitative estimate of drug-likeness (QED) is 0.553.